The molecule has 1 atom stereocenters. The number of likely N-dealkylation sites (N-methyl/N-ethyl adjacent to an activating group) is 1. The molecule has 2 aromatic rings. The second-order valence-corrected chi connectivity index (χ2v) is 8.21. The molecule has 2 rings (SSSR count). The van der Waals surface area contributed by atoms with Gasteiger partial charge in [-0.25, -0.2) is 0 Å². The molecule has 2 aromatic carbocycles. The van der Waals surface area contributed by atoms with Crippen molar-refractivity contribution < 1.29 is 18.9 Å². The Morgan fingerprint density at radius 2 is 1.53 bits per heavy atom. The maximum Gasteiger partial charge on any atom is 0.161 e. The summed E-state index contributed by atoms with van der Waals surface area (Å²) < 4.78 is 22.0. The Kier molecular flexibility index (Phi) is 9.67. The lowest BCUT2D eigenvalue weighted by molar-refractivity contribution is 0.222. The number of ether oxygens (including phenoxy) is 4. The molecule has 0 spiro atoms. The number of nitriles is 1. The van der Waals surface area contributed by atoms with Gasteiger partial charge in [-0.05, 0) is 62.2 Å². The van der Waals surface area contributed by atoms with Crippen molar-refractivity contribution >= 4 is 0 Å². The van der Waals surface area contributed by atoms with Gasteiger partial charge in [-0.15, -0.1) is 0 Å². The number of para-hydroxylation sites is 2. The zero-order valence-corrected chi connectivity index (χ0v) is 20.2. The van der Waals surface area contributed by atoms with Crippen molar-refractivity contribution in [3.05, 3.63) is 48.0 Å². The maximum absolute atomic E-state index is 10.2. The minimum absolute atomic E-state index is 0.157. The Hall–Kier alpha value is -2.91. The summed E-state index contributed by atoms with van der Waals surface area (Å²) in [6, 6.07) is 16.1. The van der Waals surface area contributed by atoms with Gasteiger partial charge in [-0.1, -0.05) is 32.0 Å². The molecule has 0 heterocycles. The molecule has 32 heavy (non-hydrogen) atoms. The fourth-order valence-corrected chi connectivity index (χ4v) is 3.92. The number of nitrogens with zero attached hydrogens (tertiary/aromatic N) is 2. The summed E-state index contributed by atoms with van der Waals surface area (Å²) in [5.74, 6) is 2.96. The van der Waals surface area contributed by atoms with Crippen LogP contribution in [0.15, 0.2) is 42.5 Å². The lowest BCUT2D eigenvalue weighted by Crippen LogP contribution is -2.33. The second-order valence-electron chi connectivity index (χ2n) is 8.21. The fraction of sp³-hybridized carbons (Fsp3) is 0.500. The number of methoxy groups -OCH3 is 3. The van der Waals surface area contributed by atoms with Crippen LogP contribution in [0.3, 0.4) is 0 Å². The number of benzene rings is 2. The molecular weight excluding hydrogens is 404 g/mol. The Morgan fingerprint density at radius 3 is 2.12 bits per heavy atom. The molecule has 174 valence electrons. The van der Waals surface area contributed by atoms with E-state index in [2.05, 4.69) is 31.9 Å². The zero-order chi connectivity index (χ0) is 23.6. The first kappa shape index (κ1) is 25.4. The molecule has 0 fully saturated rings. The molecule has 0 saturated heterocycles. The normalized spacial score (nSPS) is 12.8. The number of hydrogen-bond acceptors (Lipinski definition) is 6. The molecule has 0 bridgehead atoms. The van der Waals surface area contributed by atoms with E-state index in [1.54, 1.807) is 21.3 Å². The van der Waals surface area contributed by atoms with Crippen molar-refractivity contribution in [2.45, 2.75) is 32.1 Å². The average Bonchev–Trinajstić information content (AvgIpc) is 2.81. The minimum Gasteiger partial charge on any atom is -0.493 e. The Morgan fingerprint density at radius 1 is 0.906 bits per heavy atom. The van der Waals surface area contributed by atoms with Gasteiger partial charge in [0.2, 0.25) is 0 Å². The topological polar surface area (TPSA) is 64.0 Å². The molecule has 0 amide bonds. The Bertz CT molecular complexity index is 894. The molecule has 0 aliphatic heterocycles. The van der Waals surface area contributed by atoms with E-state index in [4.69, 9.17) is 18.9 Å². The SMILES string of the molecule is COc1ccc(C(C#N)(CCCN(C)CCOc2ccccc2OC)C(C)C)cc1OC. The Balaban J connectivity index is 1.97. The lowest BCUT2D eigenvalue weighted by atomic mass is 9.69. The van der Waals surface area contributed by atoms with E-state index >= 15 is 0 Å². The summed E-state index contributed by atoms with van der Waals surface area (Å²) in [7, 11) is 6.95. The summed E-state index contributed by atoms with van der Waals surface area (Å²) in [5.41, 5.74) is 0.378. The van der Waals surface area contributed by atoms with Crippen molar-refractivity contribution in [1.82, 2.24) is 4.90 Å². The van der Waals surface area contributed by atoms with E-state index in [-0.39, 0.29) is 5.92 Å². The van der Waals surface area contributed by atoms with Crippen LogP contribution in [0.5, 0.6) is 23.0 Å². The largest absolute Gasteiger partial charge is 0.493 e. The van der Waals surface area contributed by atoms with Crippen molar-refractivity contribution in [3.63, 3.8) is 0 Å². The minimum atomic E-state index is -0.589. The highest BCUT2D eigenvalue weighted by molar-refractivity contribution is 5.47. The van der Waals surface area contributed by atoms with Crippen LogP contribution in [0, 0.1) is 17.2 Å². The molecule has 0 N–H and O–H groups in total. The van der Waals surface area contributed by atoms with Crippen LogP contribution in [-0.4, -0.2) is 53.0 Å². The molecule has 0 aromatic heterocycles. The van der Waals surface area contributed by atoms with E-state index in [1.807, 2.05) is 42.5 Å². The first-order valence-electron chi connectivity index (χ1n) is 11.0. The Labute approximate surface area is 192 Å². The summed E-state index contributed by atoms with van der Waals surface area (Å²) in [4.78, 5) is 2.23. The van der Waals surface area contributed by atoms with Crippen molar-refractivity contribution in [2.75, 3.05) is 48.1 Å². The summed E-state index contributed by atoms with van der Waals surface area (Å²) in [5, 5.41) is 10.2. The molecular formula is C26H36N2O4. The van der Waals surface area contributed by atoms with Crippen LogP contribution in [0.25, 0.3) is 0 Å². The van der Waals surface area contributed by atoms with Gasteiger partial charge in [0.15, 0.2) is 23.0 Å². The van der Waals surface area contributed by atoms with Gasteiger partial charge < -0.3 is 23.8 Å². The van der Waals surface area contributed by atoms with Crippen LogP contribution in [0.1, 0.15) is 32.3 Å². The van der Waals surface area contributed by atoms with E-state index in [9.17, 15) is 5.26 Å². The van der Waals surface area contributed by atoms with Crippen LogP contribution >= 0.6 is 0 Å². The van der Waals surface area contributed by atoms with Gasteiger partial charge in [0, 0.05) is 6.54 Å². The lowest BCUT2D eigenvalue weighted by Gasteiger charge is -2.32. The molecule has 6 nitrogen and oxygen atoms in total. The molecule has 0 radical (unpaired) electrons. The summed E-state index contributed by atoms with van der Waals surface area (Å²) in [6.45, 7) is 6.43. The van der Waals surface area contributed by atoms with Gasteiger partial charge in [-0.2, -0.15) is 5.26 Å². The first-order chi connectivity index (χ1) is 15.4. The van der Waals surface area contributed by atoms with E-state index in [0.29, 0.717) is 18.1 Å². The average molecular weight is 441 g/mol. The highest BCUT2D eigenvalue weighted by Gasteiger charge is 2.36. The van der Waals surface area contributed by atoms with E-state index < -0.39 is 5.41 Å². The first-order valence-corrected chi connectivity index (χ1v) is 11.0. The molecule has 6 heteroatoms. The van der Waals surface area contributed by atoms with Gasteiger partial charge in [0.05, 0.1) is 32.8 Å². The van der Waals surface area contributed by atoms with Crippen LogP contribution in [0.2, 0.25) is 0 Å². The zero-order valence-electron chi connectivity index (χ0n) is 20.2. The second kappa shape index (κ2) is 12.2. The molecule has 0 saturated carbocycles. The third kappa shape index (κ3) is 6.08. The van der Waals surface area contributed by atoms with Crippen molar-refractivity contribution in [3.8, 4) is 29.1 Å². The number of hydrogen-bond donors (Lipinski definition) is 0. The van der Waals surface area contributed by atoms with Gasteiger partial charge in [0.25, 0.3) is 0 Å². The van der Waals surface area contributed by atoms with Crippen LogP contribution < -0.4 is 18.9 Å². The molecule has 0 aliphatic carbocycles. The van der Waals surface area contributed by atoms with Crippen LogP contribution in [-0.2, 0) is 5.41 Å². The third-order valence-corrected chi connectivity index (χ3v) is 5.99. The van der Waals surface area contributed by atoms with Gasteiger partial charge in [0.1, 0.15) is 6.61 Å². The molecule has 0 aliphatic rings. The maximum atomic E-state index is 10.2. The van der Waals surface area contributed by atoms with Crippen molar-refractivity contribution in [1.29, 1.82) is 5.26 Å². The predicted octanol–water partition coefficient (Wildman–Crippen LogP) is 4.92. The highest BCUT2D eigenvalue weighted by atomic mass is 16.5. The van der Waals surface area contributed by atoms with E-state index in [1.165, 1.54) is 0 Å². The van der Waals surface area contributed by atoms with E-state index in [0.717, 1.165) is 43.0 Å². The third-order valence-electron chi connectivity index (χ3n) is 5.99. The summed E-state index contributed by atoms with van der Waals surface area (Å²) in [6.07, 6.45) is 1.65. The quantitative estimate of drug-likeness (QED) is 0.440. The standard InChI is InChI=1S/C26H36N2O4/c1-20(2)26(19-27,21-12-13-23(30-5)25(18-21)31-6)14-9-15-28(3)16-17-32-24-11-8-7-10-22(24)29-4/h7-8,10-13,18,20H,9,14-17H2,1-6H3. The summed E-state index contributed by atoms with van der Waals surface area (Å²) >= 11 is 0. The smallest absolute Gasteiger partial charge is 0.161 e. The van der Waals surface area contributed by atoms with Crippen LogP contribution in [0.4, 0.5) is 0 Å². The predicted molar refractivity (Wildman–Crippen MR) is 127 cm³/mol. The highest BCUT2D eigenvalue weighted by Crippen LogP contribution is 2.40. The monoisotopic (exact) mass is 440 g/mol. The van der Waals surface area contributed by atoms with Gasteiger partial charge in [-0.3, -0.25) is 0 Å². The fourth-order valence-electron chi connectivity index (χ4n) is 3.92. The van der Waals surface area contributed by atoms with Crippen molar-refractivity contribution in [2.24, 2.45) is 5.92 Å². The molecule has 1 unspecified atom stereocenters. The number of rotatable bonds is 13. The van der Waals surface area contributed by atoms with Gasteiger partial charge >= 0.3 is 0 Å².